The molecule has 22 nitrogen and oxygen atoms in total. The number of nitrogens with one attached hydrogen (secondary N) is 6. The summed E-state index contributed by atoms with van der Waals surface area (Å²) in [7, 11) is 0. The van der Waals surface area contributed by atoms with Gasteiger partial charge in [-0.05, 0) is 72.9 Å². The molecule has 0 fully saturated rings. The van der Waals surface area contributed by atoms with Crippen LogP contribution in [-0.4, -0.2) is 87.5 Å². The van der Waals surface area contributed by atoms with Crippen LogP contribution >= 0.6 is 0 Å². The van der Waals surface area contributed by atoms with Gasteiger partial charge in [0.1, 0.15) is 36.4 Å². The van der Waals surface area contributed by atoms with E-state index in [1.807, 2.05) is 50.2 Å². The van der Waals surface area contributed by atoms with Crippen LogP contribution < -0.4 is 43.4 Å². The second-order valence-corrected chi connectivity index (χ2v) is 18.1. The fourth-order valence-electron chi connectivity index (χ4n) is 9.72. The fourth-order valence-corrected chi connectivity index (χ4v) is 9.72. The molecular weight excluding hydrogens is 913 g/mol. The van der Waals surface area contributed by atoms with Crippen molar-refractivity contribution in [1.82, 2.24) is 60.1 Å². The van der Waals surface area contributed by atoms with Gasteiger partial charge in [-0.1, -0.05) is 0 Å². The van der Waals surface area contributed by atoms with Gasteiger partial charge in [-0.25, -0.2) is 19.9 Å². The summed E-state index contributed by atoms with van der Waals surface area (Å²) in [6, 6.07) is 16.3. The third-order valence-electron chi connectivity index (χ3n) is 13.5. The van der Waals surface area contributed by atoms with Gasteiger partial charge in [-0.15, -0.1) is 0 Å². The summed E-state index contributed by atoms with van der Waals surface area (Å²) in [4.78, 5) is 51.1. The molecule has 360 valence electrons. The van der Waals surface area contributed by atoms with E-state index in [4.69, 9.17) is 11.5 Å². The maximum atomic E-state index is 11.8. The normalized spacial score (nSPS) is 16.8. The molecule has 0 bridgehead atoms. The van der Waals surface area contributed by atoms with Crippen LogP contribution in [0.3, 0.4) is 0 Å². The standard InChI is InChI=1S/2C25H24N10O/c2*1-13-17(10-31-24-14(9-26)2-4-29-23(13)24)19-6-15-7-20(30-11-18(15)25(27)32-19)33-21-8-16-3-5-28-22(36)12-35(16)34-21/h2*6-8,10-11,14,29H,2-5,12H2,1H3,(H2,27,32)(H,28,36)(H,30,33,34)/t2*14-/m10/s1. The molecule has 72 heavy (non-hydrogen) atoms. The quantitative estimate of drug-likeness (QED) is 0.106. The summed E-state index contributed by atoms with van der Waals surface area (Å²) in [6.07, 6.45) is 9.84. The number of nitrogen functional groups attached to an aromatic ring is 2. The molecule has 8 aromatic heterocycles. The van der Waals surface area contributed by atoms with E-state index in [2.05, 4.69) is 84.1 Å². The van der Waals surface area contributed by atoms with Gasteiger partial charge >= 0.3 is 0 Å². The predicted molar refractivity (Wildman–Crippen MR) is 271 cm³/mol. The minimum Gasteiger partial charge on any atom is -0.383 e. The minimum atomic E-state index is -0.212. The zero-order valence-corrected chi connectivity index (χ0v) is 39.3. The van der Waals surface area contributed by atoms with Crippen molar-refractivity contribution in [2.24, 2.45) is 0 Å². The van der Waals surface area contributed by atoms with Crippen molar-refractivity contribution in [3.05, 3.63) is 95.1 Å². The number of hydrogen-bond acceptors (Lipinski definition) is 18. The van der Waals surface area contributed by atoms with Crippen molar-refractivity contribution in [3.63, 3.8) is 0 Å². The maximum absolute atomic E-state index is 11.8. The van der Waals surface area contributed by atoms with Gasteiger partial charge in [0.2, 0.25) is 11.8 Å². The Bertz CT molecular complexity index is 3370. The molecule has 10 N–H and O–H groups in total. The van der Waals surface area contributed by atoms with Crippen LogP contribution in [0, 0.1) is 36.5 Å². The number of nitrogens with zero attached hydrogens (tertiary/aromatic N) is 12. The lowest BCUT2D eigenvalue weighted by Gasteiger charge is -2.24. The number of pyridine rings is 6. The topological polar surface area (TPSA) is 319 Å². The summed E-state index contributed by atoms with van der Waals surface area (Å²) in [5, 5.41) is 50.2. The number of amides is 2. The van der Waals surface area contributed by atoms with Crippen LogP contribution in [0.25, 0.3) is 44.1 Å². The summed E-state index contributed by atoms with van der Waals surface area (Å²) in [5.74, 6) is 2.70. The Hall–Kier alpha value is -9.44. The first-order valence-corrected chi connectivity index (χ1v) is 23.6. The van der Waals surface area contributed by atoms with Gasteiger partial charge in [0.25, 0.3) is 0 Å². The first-order valence-electron chi connectivity index (χ1n) is 23.6. The zero-order chi connectivity index (χ0) is 49.6. The molecule has 0 aliphatic carbocycles. The number of rotatable bonds is 6. The number of aromatic nitrogens is 10. The number of hydrogen-bond donors (Lipinski definition) is 8. The highest BCUT2D eigenvalue weighted by Gasteiger charge is 2.27. The van der Waals surface area contributed by atoms with E-state index in [-0.39, 0.29) is 36.7 Å². The molecule has 0 unspecified atom stereocenters. The van der Waals surface area contributed by atoms with Crippen LogP contribution in [0.15, 0.2) is 61.2 Å². The van der Waals surface area contributed by atoms with E-state index >= 15 is 0 Å². The lowest BCUT2D eigenvalue weighted by Crippen LogP contribution is -2.25. The molecule has 0 saturated heterocycles. The second-order valence-electron chi connectivity index (χ2n) is 18.1. The molecule has 4 aliphatic heterocycles. The highest BCUT2D eigenvalue weighted by atomic mass is 16.2. The van der Waals surface area contributed by atoms with Crippen molar-refractivity contribution in [3.8, 4) is 34.7 Å². The van der Waals surface area contributed by atoms with Crippen LogP contribution in [0.5, 0.6) is 0 Å². The first-order chi connectivity index (χ1) is 35.0. The van der Waals surface area contributed by atoms with Gasteiger partial charge in [0, 0.05) is 109 Å². The number of nitriles is 2. The number of fused-ring (bicyclic) bond motifs is 6. The average Bonchev–Trinajstić information content (AvgIpc) is 3.81. The van der Waals surface area contributed by atoms with Crippen molar-refractivity contribution in [2.45, 2.75) is 64.5 Å². The summed E-state index contributed by atoms with van der Waals surface area (Å²) in [5.41, 5.74) is 23.1. The molecule has 22 heteroatoms. The van der Waals surface area contributed by atoms with Gasteiger partial charge in [-0.2, -0.15) is 20.7 Å². The highest BCUT2D eigenvalue weighted by molar-refractivity contribution is 5.96. The molecule has 0 aromatic carbocycles. The molecule has 0 radical (unpaired) electrons. The maximum Gasteiger partial charge on any atom is 0.241 e. The molecular formula is C50H48N20O2. The van der Waals surface area contributed by atoms with E-state index in [9.17, 15) is 20.1 Å². The largest absolute Gasteiger partial charge is 0.383 e. The lowest BCUT2D eigenvalue weighted by molar-refractivity contribution is -0.122. The molecule has 2 amide bonds. The summed E-state index contributed by atoms with van der Waals surface area (Å²) < 4.78 is 3.42. The van der Waals surface area contributed by atoms with Gasteiger partial charge in [-0.3, -0.25) is 28.9 Å². The first kappa shape index (κ1) is 45.0. The Balaban J connectivity index is 0.000000156. The van der Waals surface area contributed by atoms with Crippen LogP contribution in [0.1, 0.15) is 58.6 Å². The van der Waals surface area contributed by atoms with Crippen molar-refractivity contribution < 1.29 is 9.59 Å². The van der Waals surface area contributed by atoms with E-state index in [1.165, 1.54) is 0 Å². The molecule has 12 rings (SSSR count). The lowest BCUT2D eigenvalue weighted by atomic mass is 9.93. The Labute approximate surface area is 411 Å². The van der Waals surface area contributed by atoms with E-state index in [0.717, 1.165) is 117 Å². The SMILES string of the molecule is Cc1c(-c2cc3cc(Nc4cc5n(n4)CC(=O)NCC5)ncc3c(N)n2)cnc2c1NCC[C@@H]2C#N.Cc1c(-c2cc3cc(Nc4cc5n(n4)CC(=O)NCC5)ncc3c(N)n2)cnc2c1NCC[C@H]2C#N. The molecule has 8 aromatic rings. The fraction of sp³-hybridized carbons (Fsp3) is 0.280. The third-order valence-corrected chi connectivity index (χ3v) is 13.5. The van der Waals surface area contributed by atoms with Crippen LogP contribution in [-0.2, 0) is 35.5 Å². The monoisotopic (exact) mass is 960 g/mol. The van der Waals surface area contributed by atoms with Crippen molar-refractivity contribution in [1.29, 1.82) is 10.5 Å². The minimum absolute atomic E-state index is 0.0481. The number of carbonyl (C=O) groups excluding carboxylic acids is 2. The molecule has 2 atom stereocenters. The van der Waals surface area contributed by atoms with Crippen LogP contribution in [0.4, 0.5) is 46.3 Å². The smallest absolute Gasteiger partial charge is 0.241 e. The third kappa shape index (κ3) is 8.54. The van der Waals surface area contributed by atoms with Gasteiger partial charge < -0.3 is 43.4 Å². The van der Waals surface area contributed by atoms with E-state index in [0.29, 0.717) is 59.4 Å². The Morgan fingerprint density at radius 1 is 0.583 bits per heavy atom. The van der Waals surface area contributed by atoms with Crippen LogP contribution in [0.2, 0.25) is 0 Å². The zero-order valence-electron chi connectivity index (χ0n) is 39.3. The molecule has 0 spiro atoms. The number of carbonyl (C=O) groups is 2. The van der Waals surface area contributed by atoms with E-state index in [1.54, 1.807) is 34.2 Å². The summed E-state index contributed by atoms with van der Waals surface area (Å²) in [6.45, 7) is 7.06. The molecule has 0 saturated carbocycles. The van der Waals surface area contributed by atoms with Gasteiger partial charge in [0.05, 0.1) is 58.1 Å². The Kier molecular flexibility index (Phi) is 11.6. The molecule has 4 aliphatic rings. The summed E-state index contributed by atoms with van der Waals surface area (Å²) >= 11 is 0. The average molecular weight is 961 g/mol. The Morgan fingerprint density at radius 2 is 1.03 bits per heavy atom. The number of anilines is 8. The van der Waals surface area contributed by atoms with Crippen molar-refractivity contribution in [2.75, 3.05) is 58.9 Å². The number of nitrogens with two attached hydrogens (primary N) is 2. The van der Waals surface area contributed by atoms with E-state index < -0.39 is 0 Å². The highest BCUT2D eigenvalue weighted by Crippen LogP contribution is 2.39. The molecule has 12 heterocycles. The second kappa shape index (κ2) is 18.5. The van der Waals surface area contributed by atoms with Crippen molar-refractivity contribution >= 4 is 79.6 Å². The Morgan fingerprint density at radius 3 is 1.46 bits per heavy atom. The van der Waals surface area contributed by atoms with Gasteiger partial charge in [0.15, 0.2) is 11.6 Å². The predicted octanol–water partition coefficient (Wildman–Crippen LogP) is 5.24.